The van der Waals surface area contributed by atoms with Crippen molar-refractivity contribution in [3.8, 4) is 0 Å². The number of thioether (sulfide) groups is 1. The number of hydrogen-bond donors (Lipinski definition) is 1. The molecule has 0 bridgehead atoms. The predicted octanol–water partition coefficient (Wildman–Crippen LogP) is 2.97. The lowest BCUT2D eigenvalue weighted by Gasteiger charge is -2.06. The lowest BCUT2D eigenvalue weighted by Crippen LogP contribution is -2.14. The van der Waals surface area contributed by atoms with Gasteiger partial charge in [0.2, 0.25) is 0 Å². The van der Waals surface area contributed by atoms with E-state index in [-0.39, 0.29) is 0 Å². The fourth-order valence-corrected chi connectivity index (χ4v) is 3.25. The number of hydrogen-bond acceptors (Lipinski definition) is 2. The minimum absolute atomic E-state index is 0.732. The van der Waals surface area contributed by atoms with Crippen LogP contribution in [0.1, 0.15) is 12.0 Å². The number of benzene rings is 1. The van der Waals surface area contributed by atoms with Crippen molar-refractivity contribution >= 4 is 23.4 Å². The first-order chi connectivity index (χ1) is 6.79. The van der Waals surface area contributed by atoms with Crippen molar-refractivity contribution in [2.24, 2.45) is 0 Å². The van der Waals surface area contributed by atoms with Crippen LogP contribution in [0.5, 0.6) is 0 Å². The highest BCUT2D eigenvalue weighted by Gasteiger charge is 2.21. The summed E-state index contributed by atoms with van der Waals surface area (Å²) in [6.45, 7) is 1.10. The molecule has 0 saturated heterocycles. The Kier molecular flexibility index (Phi) is 3.37. The Hall–Kier alpha value is -0.180. The molecular weight excluding hydrogens is 214 g/mol. The Balaban J connectivity index is 2.03. The molecule has 1 heterocycles. The molecule has 2 rings (SSSR count). The third-order valence-electron chi connectivity index (χ3n) is 2.48. The molecule has 1 N–H and O–H groups in total. The van der Waals surface area contributed by atoms with Crippen LogP contribution in [0, 0.1) is 0 Å². The van der Waals surface area contributed by atoms with Gasteiger partial charge in [-0.05, 0) is 50.2 Å². The summed E-state index contributed by atoms with van der Waals surface area (Å²) >= 11 is 7.94. The van der Waals surface area contributed by atoms with Gasteiger partial charge in [0, 0.05) is 15.2 Å². The van der Waals surface area contributed by atoms with E-state index < -0.39 is 0 Å². The summed E-state index contributed by atoms with van der Waals surface area (Å²) in [4.78, 5) is 1.41. The van der Waals surface area contributed by atoms with Gasteiger partial charge in [-0.3, -0.25) is 0 Å². The molecule has 1 aliphatic heterocycles. The smallest absolute Gasteiger partial charge is 0.0409 e. The zero-order valence-corrected chi connectivity index (χ0v) is 9.79. The molecule has 0 radical (unpaired) electrons. The summed E-state index contributed by atoms with van der Waals surface area (Å²) in [5, 5.41) is 4.79. The monoisotopic (exact) mass is 227 g/mol. The fraction of sp³-hybridized carbons (Fsp3) is 0.455. The highest BCUT2D eigenvalue weighted by atomic mass is 35.5. The van der Waals surface area contributed by atoms with Crippen molar-refractivity contribution < 1.29 is 0 Å². The molecule has 0 fully saturated rings. The zero-order chi connectivity index (χ0) is 9.97. The molecule has 0 amide bonds. The van der Waals surface area contributed by atoms with Gasteiger partial charge < -0.3 is 5.32 Å². The van der Waals surface area contributed by atoms with Crippen LogP contribution in [0.3, 0.4) is 0 Å². The Morgan fingerprint density at radius 1 is 1.57 bits per heavy atom. The summed E-state index contributed by atoms with van der Waals surface area (Å²) in [5.74, 6) is 0. The van der Waals surface area contributed by atoms with Crippen LogP contribution in [-0.2, 0) is 6.42 Å². The van der Waals surface area contributed by atoms with E-state index in [4.69, 9.17) is 11.6 Å². The van der Waals surface area contributed by atoms with Gasteiger partial charge in [-0.15, -0.1) is 11.8 Å². The summed E-state index contributed by atoms with van der Waals surface area (Å²) in [7, 11) is 2.00. The average molecular weight is 228 g/mol. The topological polar surface area (TPSA) is 12.0 Å². The lowest BCUT2D eigenvalue weighted by molar-refractivity contribution is 0.696. The van der Waals surface area contributed by atoms with E-state index in [0.717, 1.165) is 16.8 Å². The van der Waals surface area contributed by atoms with Gasteiger partial charge in [-0.2, -0.15) is 0 Å². The minimum Gasteiger partial charge on any atom is -0.320 e. The first kappa shape index (κ1) is 10.3. The SMILES string of the molecule is CNCCC1Cc2cc(Cl)ccc2S1. The van der Waals surface area contributed by atoms with Crippen molar-refractivity contribution in [1.29, 1.82) is 0 Å². The lowest BCUT2D eigenvalue weighted by atomic mass is 10.1. The minimum atomic E-state index is 0.732. The van der Waals surface area contributed by atoms with Crippen LogP contribution in [0.15, 0.2) is 23.1 Å². The Bertz CT molecular complexity index is 327. The quantitative estimate of drug-likeness (QED) is 0.852. The standard InChI is InChI=1S/C11H14ClNS/c1-13-5-4-10-7-8-6-9(12)2-3-11(8)14-10/h2-3,6,10,13H,4-5,7H2,1H3. The van der Waals surface area contributed by atoms with Gasteiger partial charge >= 0.3 is 0 Å². The fourth-order valence-electron chi connectivity index (χ4n) is 1.76. The van der Waals surface area contributed by atoms with Crippen molar-refractivity contribution in [2.75, 3.05) is 13.6 Å². The molecule has 1 atom stereocenters. The maximum absolute atomic E-state index is 5.95. The summed E-state index contributed by atoms with van der Waals surface area (Å²) in [5.41, 5.74) is 1.42. The second-order valence-electron chi connectivity index (χ2n) is 3.59. The van der Waals surface area contributed by atoms with E-state index in [2.05, 4.69) is 17.4 Å². The van der Waals surface area contributed by atoms with Crippen molar-refractivity contribution in [2.45, 2.75) is 23.0 Å². The second kappa shape index (κ2) is 4.56. The van der Waals surface area contributed by atoms with Gasteiger partial charge in [0.25, 0.3) is 0 Å². The Labute approximate surface area is 94.2 Å². The van der Waals surface area contributed by atoms with Gasteiger partial charge in [-0.1, -0.05) is 11.6 Å². The van der Waals surface area contributed by atoms with E-state index in [9.17, 15) is 0 Å². The summed E-state index contributed by atoms with van der Waals surface area (Å²) < 4.78 is 0. The molecular formula is C11H14ClNS. The van der Waals surface area contributed by atoms with Crippen LogP contribution >= 0.6 is 23.4 Å². The van der Waals surface area contributed by atoms with Crippen LogP contribution in [0.4, 0.5) is 0 Å². The summed E-state index contributed by atoms with van der Waals surface area (Å²) in [6.07, 6.45) is 2.40. The molecule has 76 valence electrons. The predicted molar refractivity (Wildman–Crippen MR) is 63.3 cm³/mol. The molecule has 0 aromatic heterocycles. The van der Waals surface area contributed by atoms with E-state index in [1.807, 2.05) is 24.9 Å². The molecule has 1 unspecified atom stereocenters. The third-order valence-corrected chi connectivity index (χ3v) is 4.10. The Morgan fingerprint density at radius 3 is 3.21 bits per heavy atom. The molecule has 1 aliphatic rings. The van der Waals surface area contributed by atoms with E-state index in [0.29, 0.717) is 0 Å². The highest BCUT2D eigenvalue weighted by molar-refractivity contribution is 8.00. The van der Waals surface area contributed by atoms with Crippen LogP contribution < -0.4 is 5.32 Å². The van der Waals surface area contributed by atoms with Gasteiger partial charge in [0.15, 0.2) is 0 Å². The molecule has 0 spiro atoms. The van der Waals surface area contributed by atoms with Gasteiger partial charge in [0.1, 0.15) is 0 Å². The van der Waals surface area contributed by atoms with Crippen molar-refractivity contribution in [3.63, 3.8) is 0 Å². The van der Waals surface area contributed by atoms with Gasteiger partial charge in [-0.25, -0.2) is 0 Å². The normalized spacial score (nSPS) is 19.7. The van der Waals surface area contributed by atoms with E-state index in [1.54, 1.807) is 0 Å². The molecule has 3 heteroatoms. The second-order valence-corrected chi connectivity index (χ2v) is 5.37. The number of fused-ring (bicyclic) bond motifs is 1. The maximum atomic E-state index is 5.95. The van der Waals surface area contributed by atoms with Crippen LogP contribution in [0.2, 0.25) is 5.02 Å². The number of nitrogens with one attached hydrogen (secondary N) is 1. The largest absolute Gasteiger partial charge is 0.320 e. The van der Waals surface area contributed by atoms with E-state index >= 15 is 0 Å². The average Bonchev–Trinajstić information content (AvgIpc) is 2.56. The van der Waals surface area contributed by atoms with Crippen molar-refractivity contribution in [1.82, 2.24) is 5.32 Å². The number of halogens is 1. The first-order valence-corrected chi connectivity index (χ1v) is 6.15. The molecule has 0 saturated carbocycles. The molecule has 14 heavy (non-hydrogen) atoms. The Morgan fingerprint density at radius 2 is 2.43 bits per heavy atom. The highest BCUT2D eigenvalue weighted by Crippen LogP contribution is 2.39. The molecule has 1 nitrogen and oxygen atoms in total. The number of rotatable bonds is 3. The van der Waals surface area contributed by atoms with Crippen molar-refractivity contribution in [3.05, 3.63) is 28.8 Å². The molecule has 1 aromatic rings. The third kappa shape index (κ3) is 2.25. The maximum Gasteiger partial charge on any atom is 0.0409 e. The van der Waals surface area contributed by atoms with Crippen LogP contribution in [-0.4, -0.2) is 18.8 Å². The molecule has 1 aromatic carbocycles. The van der Waals surface area contributed by atoms with Gasteiger partial charge in [0.05, 0.1) is 0 Å². The van der Waals surface area contributed by atoms with E-state index in [1.165, 1.54) is 23.3 Å². The molecule has 0 aliphatic carbocycles. The zero-order valence-electron chi connectivity index (χ0n) is 8.22. The summed E-state index contributed by atoms with van der Waals surface area (Å²) in [6, 6.07) is 6.22. The first-order valence-electron chi connectivity index (χ1n) is 4.89. The van der Waals surface area contributed by atoms with Crippen LogP contribution in [0.25, 0.3) is 0 Å².